The van der Waals surface area contributed by atoms with Crippen LogP contribution in [0.15, 0.2) is 42.7 Å². The zero-order valence-corrected chi connectivity index (χ0v) is 17.9. The lowest BCUT2D eigenvalue weighted by molar-refractivity contribution is -0.0146. The Morgan fingerprint density at radius 1 is 1.26 bits per heavy atom. The van der Waals surface area contributed by atoms with Crippen molar-refractivity contribution in [3.8, 4) is 17.0 Å². The van der Waals surface area contributed by atoms with E-state index in [0.717, 1.165) is 28.1 Å². The number of hydrogen-bond donors (Lipinski definition) is 2. The number of H-pyrrole nitrogens is 1. The molecule has 4 rings (SSSR count). The molecule has 0 aliphatic carbocycles. The molecule has 1 aromatic carbocycles. The van der Waals surface area contributed by atoms with Crippen LogP contribution < -0.4 is 10.1 Å². The summed E-state index contributed by atoms with van der Waals surface area (Å²) in [5.74, 6) is 0.168. The van der Waals surface area contributed by atoms with Crippen LogP contribution in [0.25, 0.3) is 11.3 Å². The average molecular weight is 423 g/mol. The Hall–Kier alpha value is -3.19. The molecule has 0 radical (unpaired) electrons. The third-order valence-corrected chi connectivity index (χ3v) is 5.52. The molecular formula is C24H26FN3O3. The highest BCUT2D eigenvalue weighted by molar-refractivity contribution is 6.00. The number of carbonyl (C=O) groups is 1. The maximum Gasteiger partial charge on any atom is 0.253 e. The number of benzene rings is 1. The fourth-order valence-corrected chi connectivity index (χ4v) is 3.72. The zero-order chi connectivity index (χ0) is 22.0. The third kappa shape index (κ3) is 4.46. The number of fused-ring (bicyclic) bond motifs is 1. The van der Waals surface area contributed by atoms with Crippen molar-refractivity contribution in [3.63, 3.8) is 0 Å². The van der Waals surface area contributed by atoms with Gasteiger partial charge in [0.1, 0.15) is 18.2 Å². The van der Waals surface area contributed by atoms with E-state index in [1.807, 2.05) is 26.0 Å². The Morgan fingerprint density at radius 3 is 2.87 bits per heavy atom. The molecule has 0 saturated heterocycles. The molecule has 1 aliphatic heterocycles. The second-order valence-electron chi connectivity index (χ2n) is 8.27. The van der Waals surface area contributed by atoms with Crippen LogP contribution in [0.3, 0.4) is 0 Å². The molecule has 7 heteroatoms. The number of carbonyl (C=O) groups excluding carboxylic acids is 1. The van der Waals surface area contributed by atoms with Crippen LogP contribution in [0.2, 0.25) is 0 Å². The molecular weight excluding hydrogens is 397 g/mol. The Balaban J connectivity index is 1.80. The number of halogens is 1. The summed E-state index contributed by atoms with van der Waals surface area (Å²) in [7, 11) is 1.64. The highest BCUT2D eigenvalue weighted by Crippen LogP contribution is 2.36. The minimum atomic E-state index is -0.466. The van der Waals surface area contributed by atoms with Gasteiger partial charge >= 0.3 is 0 Å². The van der Waals surface area contributed by atoms with Gasteiger partial charge in [0.2, 0.25) is 0 Å². The Labute approximate surface area is 180 Å². The molecule has 1 aliphatic rings. The SMILES string of the molecule is COC(C)(C)COc1cnccc1-c1[nH]c2c(c1Cc1cccc(F)c1)C(=O)NCC2. The van der Waals surface area contributed by atoms with E-state index < -0.39 is 5.60 Å². The first-order valence-electron chi connectivity index (χ1n) is 10.3. The van der Waals surface area contributed by atoms with E-state index in [9.17, 15) is 9.18 Å². The molecule has 162 valence electrons. The van der Waals surface area contributed by atoms with Crippen molar-refractivity contribution in [2.45, 2.75) is 32.3 Å². The van der Waals surface area contributed by atoms with Crippen molar-refractivity contribution < 1.29 is 18.7 Å². The Bertz CT molecular complexity index is 1110. The highest BCUT2D eigenvalue weighted by atomic mass is 19.1. The zero-order valence-electron chi connectivity index (χ0n) is 17.9. The van der Waals surface area contributed by atoms with E-state index in [2.05, 4.69) is 15.3 Å². The fraction of sp³-hybridized carbons (Fsp3) is 0.333. The minimum absolute atomic E-state index is 0.118. The maximum absolute atomic E-state index is 13.8. The van der Waals surface area contributed by atoms with Gasteiger partial charge in [-0.25, -0.2) is 4.39 Å². The fourth-order valence-electron chi connectivity index (χ4n) is 3.72. The summed E-state index contributed by atoms with van der Waals surface area (Å²) in [5, 5.41) is 2.91. The monoisotopic (exact) mass is 423 g/mol. The van der Waals surface area contributed by atoms with Crippen LogP contribution in [0.4, 0.5) is 4.39 Å². The van der Waals surface area contributed by atoms with Gasteiger partial charge in [0.25, 0.3) is 5.91 Å². The molecule has 0 bridgehead atoms. The summed E-state index contributed by atoms with van der Waals surface area (Å²) in [4.78, 5) is 20.4. The van der Waals surface area contributed by atoms with Gasteiger partial charge in [0.15, 0.2) is 0 Å². The molecule has 0 spiro atoms. The van der Waals surface area contributed by atoms with Crippen molar-refractivity contribution in [2.75, 3.05) is 20.3 Å². The lowest BCUT2D eigenvalue weighted by atomic mass is 9.95. The van der Waals surface area contributed by atoms with Crippen molar-refractivity contribution in [2.24, 2.45) is 0 Å². The number of rotatable bonds is 7. The lowest BCUT2D eigenvalue weighted by Gasteiger charge is -2.23. The average Bonchev–Trinajstić information content (AvgIpc) is 3.12. The van der Waals surface area contributed by atoms with Gasteiger partial charge in [-0.1, -0.05) is 12.1 Å². The van der Waals surface area contributed by atoms with Gasteiger partial charge in [-0.05, 0) is 43.2 Å². The maximum atomic E-state index is 13.8. The van der Waals surface area contributed by atoms with Crippen LogP contribution >= 0.6 is 0 Å². The smallest absolute Gasteiger partial charge is 0.253 e. The molecule has 0 unspecified atom stereocenters. The molecule has 1 amide bonds. The second kappa shape index (κ2) is 8.51. The van der Waals surface area contributed by atoms with Crippen molar-refractivity contribution in [1.29, 1.82) is 0 Å². The van der Waals surface area contributed by atoms with E-state index in [0.29, 0.717) is 37.3 Å². The summed E-state index contributed by atoms with van der Waals surface area (Å²) >= 11 is 0. The van der Waals surface area contributed by atoms with Gasteiger partial charge in [0.05, 0.1) is 23.1 Å². The number of aromatic amines is 1. The van der Waals surface area contributed by atoms with E-state index in [1.54, 1.807) is 25.6 Å². The van der Waals surface area contributed by atoms with Crippen molar-refractivity contribution >= 4 is 5.91 Å². The number of nitrogens with one attached hydrogen (secondary N) is 2. The summed E-state index contributed by atoms with van der Waals surface area (Å²) in [6, 6.07) is 8.31. The van der Waals surface area contributed by atoms with Crippen LogP contribution in [0.1, 0.15) is 41.0 Å². The van der Waals surface area contributed by atoms with Crippen molar-refractivity contribution in [3.05, 3.63) is 70.9 Å². The molecule has 3 aromatic rings. The van der Waals surface area contributed by atoms with Gasteiger partial charge in [-0.2, -0.15) is 0 Å². The van der Waals surface area contributed by atoms with Crippen molar-refractivity contribution in [1.82, 2.24) is 15.3 Å². The predicted octanol–water partition coefficient (Wildman–Crippen LogP) is 3.90. The summed E-state index contributed by atoms with van der Waals surface area (Å²) < 4.78 is 25.3. The topological polar surface area (TPSA) is 76.2 Å². The number of pyridine rings is 1. The first-order chi connectivity index (χ1) is 14.9. The van der Waals surface area contributed by atoms with Crippen LogP contribution in [-0.4, -0.2) is 41.7 Å². The van der Waals surface area contributed by atoms with Gasteiger partial charge in [-0.3, -0.25) is 9.78 Å². The largest absolute Gasteiger partial charge is 0.488 e. The lowest BCUT2D eigenvalue weighted by Crippen LogP contribution is -2.32. The molecule has 0 fully saturated rings. The molecule has 2 N–H and O–H groups in total. The number of ether oxygens (including phenoxy) is 2. The molecule has 31 heavy (non-hydrogen) atoms. The highest BCUT2D eigenvalue weighted by Gasteiger charge is 2.28. The number of methoxy groups -OCH3 is 1. The quantitative estimate of drug-likeness (QED) is 0.604. The number of amides is 1. The number of hydrogen-bond acceptors (Lipinski definition) is 4. The summed E-state index contributed by atoms with van der Waals surface area (Å²) in [6.07, 6.45) is 4.47. The molecule has 2 aromatic heterocycles. The van der Waals surface area contributed by atoms with E-state index in [1.165, 1.54) is 12.1 Å². The van der Waals surface area contributed by atoms with Crippen LogP contribution in [0.5, 0.6) is 5.75 Å². The van der Waals surface area contributed by atoms with Crippen LogP contribution in [-0.2, 0) is 17.6 Å². The predicted molar refractivity (Wildman–Crippen MR) is 116 cm³/mol. The van der Waals surface area contributed by atoms with E-state index in [-0.39, 0.29) is 11.7 Å². The Morgan fingerprint density at radius 2 is 2.10 bits per heavy atom. The molecule has 0 saturated carbocycles. The summed E-state index contributed by atoms with van der Waals surface area (Å²) in [6.45, 7) is 4.79. The van der Waals surface area contributed by atoms with Crippen LogP contribution in [0, 0.1) is 5.82 Å². The standard InChI is InChI=1S/C24H26FN3O3/c1-24(2,30-3)14-31-20-13-26-9-7-17(20)22-18(12-15-5-4-6-16(25)11-15)21-19(28-22)8-10-27-23(21)29/h4-7,9,11,13,28H,8,10,12,14H2,1-3H3,(H,27,29). The third-order valence-electron chi connectivity index (χ3n) is 5.52. The summed E-state index contributed by atoms with van der Waals surface area (Å²) in [5.41, 5.74) is 4.25. The minimum Gasteiger partial charge on any atom is -0.488 e. The molecule has 3 heterocycles. The normalized spacial score (nSPS) is 13.6. The van der Waals surface area contributed by atoms with E-state index in [4.69, 9.17) is 9.47 Å². The second-order valence-corrected chi connectivity index (χ2v) is 8.27. The van der Waals surface area contributed by atoms with Gasteiger partial charge < -0.3 is 19.8 Å². The number of aromatic nitrogens is 2. The molecule has 6 nitrogen and oxygen atoms in total. The molecule has 0 atom stereocenters. The number of nitrogens with zero attached hydrogens (tertiary/aromatic N) is 1. The first-order valence-corrected chi connectivity index (χ1v) is 10.3. The van der Waals surface area contributed by atoms with Gasteiger partial charge in [-0.15, -0.1) is 0 Å². The first kappa shape index (κ1) is 21.1. The van der Waals surface area contributed by atoms with Gasteiger partial charge in [0, 0.05) is 44.0 Å². The Kier molecular flexibility index (Phi) is 5.78. The van der Waals surface area contributed by atoms with E-state index >= 15 is 0 Å².